The lowest BCUT2D eigenvalue weighted by Crippen LogP contribution is -2.20. The number of rotatable bonds is 2. The first-order chi connectivity index (χ1) is 6.77. The monoisotopic (exact) mass is 193 g/mol. The molecular formula is C10H15N3O. The molecular weight excluding hydrogens is 178 g/mol. The zero-order valence-corrected chi connectivity index (χ0v) is 8.34. The molecule has 76 valence electrons. The average molecular weight is 193 g/mol. The van der Waals surface area contributed by atoms with Crippen LogP contribution in [0, 0.1) is 0 Å². The lowest BCUT2D eigenvalue weighted by Gasteiger charge is -2.11. The van der Waals surface area contributed by atoms with Crippen LogP contribution in [0.25, 0.3) is 0 Å². The first-order valence-corrected chi connectivity index (χ1v) is 4.97. The van der Waals surface area contributed by atoms with Gasteiger partial charge in [0.1, 0.15) is 5.82 Å². The van der Waals surface area contributed by atoms with Crippen molar-refractivity contribution < 1.29 is 0 Å². The van der Waals surface area contributed by atoms with Crippen LogP contribution in [-0.4, -0.2) is 11.1 Å². The number of aromatic nitrogens is 1. The molecule has 1 aromatic rings. The van der Waals surface area contributed by atoms with E-state index >= 15 is 0 Å². The SMILES string of the molecule is CCc1cc(=O)n2c(c1CN)NCC2. The van der Waals surface area contributed by atoms with Gasteiger partial charge in [0.25, 0.3) is 5.56 Å². The standard InChI is InChI=1S/C10H15N3O/c1-2-7-5-9(14)13-4-3-12-10(13)8(7)6-11/h5,12H,2-4,6,11H2,1H3. The number of nitrogens with one attached hydrogen (secondary N) is 1. The van der Waals surface area contributed by atoms with E-state index in [9.17, 15) is 4.79 Å². The first kappa shape index (κ1) is 9.27. The summed E-state index contributed by atoms with van der Waals surface area (Å²) in [6.45, 7) is 4.12. The largest absolute Gasteiger partial charge is 0.369 e. The van der Waals surface area contributed by atoms with Gasteiger partial charge in [-0.25, -0.2) is 0 Å². The average Bonchev–Trinajstić information content (AvgIpc) is 2.66. The molecule has 0 saturated carbocycles. The number of nitrogens with two attached hydrogens (primary N) is 1. The number of pyridine rings is 1. The number of hydrogen-bond donors (Lipinski definition) is 2. The van der Waals surface area contributed by atoms with Gasteiger partial charge in [-0.1, -0.05) is 6.92 Å². The molecule has 0 atom stereocenters. The molecule has 0 unspecified atom stereocenters. The number of hydrogen-bond acceptors (Lipinski definition) is 3. The Bertz CT molecular complexity index is 409. The van der Waals surface area contributed by atoms with E-state index < -0.39 is 0 Å². The van der Waals surface area contributed by atoms with Crippen LogP contribution in [0.1, 0.15) is 18.1 Å². The van der Waals surface area contributed by atoms with E-state index in [2.05, 4.69) is 5.32 Å². The van der Waals surface area contributed by atoms with Gasteiger partial charge in [0.15, 0.2) is 0 Å². The molecule has 4 nitrogen and oxygen atoms in total. The zero-order chi connectivity index (χ0) is 10.1. The Labute approximate surface area is 82.7 Å². The lowest BCUT2D eigenvalue weighted by atomic mass is 10.1. The van der Waals surface area contributed by atoms with E-state index in [1.54, 1.807) is 10.6 Å². The van der Waals surface area contributed by atoms with Crippen LogP contribution in [0.3, 0.4) is 0 Å². The van der Waals surface area contributed by atoms with E-state index in [0.29, 0.717) is 6.54 Å². The fourth-order valence-electron chi connectivity index (χ4n) is 1.99. The quantitative estimate of drug-likeness (QED) is 0.710. The van der Waals surface area contributed by atoms with Gasteiger partial charge in [-0.3, -0.25) is 9.36 Å². The number of anilines is 1. The van der Waals surface area contributed by atoms with Crippen LogP contribution in [0.15, 0.2) is 10.9 Å². The van der Waals surface area contributed by atoms with Crippen LogP contribution in [0.2, 0.25) is 0 Å². The molecule has 1 aromatic heterocycles. The topological polar surface area (TPSA) is 60.0 Å². The van der Waals surface area contributed by atoms with Gasteiger partial charge in [0.2, 0.25) is 0 Å². The summed E-state index contributed by atoms with van der Waals surface area (Å²) >= 11 is 0. The maximum Gasteiger partial charge on any atom is 0.252 e. The molecule has 0 aliphatic carbocycles. The van der Waals surface area contributed by atoms with Gasteiger partial charge >= 0.3 is 0 Å². The summed E-state index contributed by atoms with van der Waals surface area (Å²) in [5, 5.41) is 3.22. The van der Waals surface area contributed by atoms with Gasteiger partial charge in [0.05, 0.1) is 0 Å². The van der Waals surface area contributed by atoms with Crippen LogP contribution in [0.5, 0.6) is 0 Å². The van der Waals surface area contributed by atoms with E-state index in [4.69, 9.17) is 5.73 Å². The minimum absolute atomic E-state index is 0.0825. The van der Waals surface area contributed by atoms with E-state index in [1.165, 1.54) is 0 Å². The highest BCUT2D eigenvalue weighted by Gasteiger charge is 2.17. The van der Waals surface area contributed by atoms with Crippen molar-refractivity contribution >= 4 is 5.82 Å². The Hall–Kier alpha value is -1.29. The molecule has 0 saturated heterocycles. The van der Waals surface area contributed by atoms with Crippen LogP contribution in [0.4, 0.5) is 5.82 Å². The first-order valence-electron chi connectivity index (χ1n) is 4.97. The predicted octanol–water partition coefficient (Wildman–Crippen LogP) is 0.295. The normalized spacial score (nSPS) is 13.9. The molecule has 0 aromatic carbocycles. The fraction of sp³-hybridized carbons (Fsp3) is 0.500. The molecule has 0 fully saturated rings. The summed E-state index contributed by atoms with van der Waals surface area (Å²) in [7, 11) is 0. The third-order valence-electron chi connectivity index (χ3n) is 2.72. The van der Waals surface area contributed by atoms with Crippen molar-refractivity contribution in [1.82, 2.24) is 4.57 Å². The Balaban J connectivity index is 2.68. The third kappa shape index (κ3) is 1.23. The van der Waals surface area contributed by atoms with Crippen molar-refractivity contribution in [3.63, 3.8) is 0 Å². The minimum Gasteiger partial charge on any atom is -0.369 e. The molecule has 4 heteroatoms. The third-order valence-corrected chi connectivity index (χ3v) is 2.72. The van der Waals surface area contributed by atoms with Crippen molar-refractivity contribution in [2.45, 2.75) is 26.4 Å². The highest BCUT2D eigenvalue weighted by Crippen LogP contribution is 2.21. The van der Waals surface area contributed by atoms with Crippen LogP contribution < -0.4 is 16.6 Å². The van der Waals surface area contributed by atoms with Crippen molar-refractivity contribution in [2.24, 2.45) is 5.73 Å². The molecule has 3 N–H and O–H groups in total. The molecule has 2 rings (SSSR count). The van der Waals surface area contributed by atoms with Gasteiger partial charge < -0.3 is 11.1 Å². The Kier molecular flexibility index (Phi) is 2.29. The summed E-state index contributed by atoms with van der Waals surface area (Å²) in [5.41, 5.74) is 7.93. The summed E-state index contributed by atoms with van der Waals surface area (Å²) in [6, 6.07) is 1.71. The molecule has 2 heterocycles. The minimum atomic E-state index is 0.0825. The summed E-state index contributed by atoms with van der Waals surface area (Å²) in [6.07, 6.45) is 0.858. The van der Waals surface area contributed by atoms with Gasteiger partial charge in [-0.05, 0) is 12.0 Å². The zero-order valence-electron chi connectivity index (χ0n) is 8.34. The number of aryl methyl sites for hydroxylation is 1. The lowest BCUT2D eigenvalue weighted by molar-refractivity contribution is 0.762. The number of nitrogens with zero attached hydrogens (tertiary/aromatic N) is 1. The smallest absolute Gasteiger partial charge is 0.252 e. The van der Waals surface area contributed by atoms with E-state index in [-0.39, 0.29) is 5.56 Å². The maximum absolute atomic E-state index is 11.6. The molecule has 1 aliphatic rings. The van der Waals surface area contributed by atoms with Gasteiger partial charge in [-0.15, -0.1) is 0 Å². The van der Waals surface area contributed by atoms with Crippen molar-refractivity contribution in [2.75, 3.05) is 11.9 Å². The van der Waals surface area contributed by atoms with Crippen molar-refractivity contribution in [1.29, 1.82) is 0 Å². The van der Waals surface area contributed by atoms with Crippen molar-refractivity contribution in [3.05, 3.63) is 27.5 Å². The second-order valence-corrected chi connectivity index (χ2v) is 3.47. The highest BCUT2D eigenvalue weighted by molar-refractivity contribution is 5.51. The Morgan fingerprint density at radius 2 is 2.43 bits per heavy atom. The molecule has 0 bridgehead atoms. The molecule has 14 heavy (non-hydrogen) atoms. The maximum atomic E-state index is 11.6. The van der Waals surface area contributed by atoms with Crippen LogP contribution >= 0.6 is 0 Å². The van der Waals surface area contributed by atoms with Crippen molar-refractivity contribution in [3.8, 4) is 0 Å². The van der Waals surface area contributed by atoms with E-state index in [1.807, 2.05) is 6.92 Å². The molecule has 0 amide bonds. The highest BCUT2D eigenvalue weighted by atomic mass is 16.1. The predicted molar refractivity (Wildman–Crippen MR) is 56.5 cm³/mol. The summed E-state index contributed by atoms with van der Waals surface area (Å²) < 4.78 is 1.77. The van der Waals surface area contributed by atoms with Gasteiger partial charge in [-0.2, -0.15) is 0 Å². The molecule has 0 spiro atoms. The Morgan fingerprint density at radius 3 is 3.07 bits per heavy atom. The molecule has 1 aliphatic heterocycles. The Morgan fingerprint density at radius 1 is 1.64 bits per heavy atom. The molecule has 0 radical (unpaired) electrons. The van der Waals surface area contributed by atoms with E-state index in [0.717, 1.165) is 36.5 Å². The summed E-state index contributed by atoms with van der Waals surface area (Å²) in [5.74, 6) is 0.928. The van der Waals surface area contributed by atoms with Gasteiger partial charge in [0, 0.05) is 31.3 Å². The second-order valence-electron chi connectivity index (χ2n) is 3.47. The fourth-order valence-corrected chi connectivity index (χ4v) is 1.99. The number of fused-ring (bicyclic) bond motifs is 1. The second kappa shape index (κ2) is 3.46. The summed E-state index contributed by atoms with van der Waals surface area (Å²) in [4.78, 5) is 11.6. The van der Waals surface area contributed by atoms with Crippen LogP contribution in [-0.2, 0) is 19.5 Å².